The second-order valence-corrected chi connectivity index (χ2v) is 6.75. The number of hydrogen-bond donors (Lipinski definition) is 3. The number of carboxylic acids is 1. The fourth-order valence-corrected chi connectivity index (χ4v) is 3.10. The highest BCUT2D eigenvalue weighted by Crippen LogP contribution is 2.35. The van der Waals surface area contributed by atoms with E-state index in [-0.39, 0.29) is 24.8 Å². The first-order chi connectivity index (χ1) is 11.7. The standard InChI is InChI=1S/C17H20N2O6/c1-17(2,16(23)24)25-12-5-3-4-9-10(12)8-19(15(9)22)11-6-7-13(20)18-14(11)21/h3-5,11,14,21H,6-8H2,1-2H3,(H,18,20)(H,23,24). The molecule has 0 saturated carbocycles. The molecule has 0 bridgehead atoms. The molecule has 3 N–H and O–H groups in total. The lowest BCUT2D eigenvalue weighted by Gasteiger charge is -2.35. The van der Waals surface area contributed by atoms with Gasteiger partial charge < -0.3 is 25.2 Å². The molecule has 0 aliphatic carbocycles. The monoisotopic (exact) mass is 348 g/mol. The average molecular weight is 348 g/mol. The highest BCUT2D eigenvalue weighted by molar-refractivity contribution is 5.99. The van der Waals surface area contributed by atoms with Crippen molar-refractivity contribution in [1.29, 1.82) is 0 Å². The Kier molecular flexibility index (Phi) is 4.16. The number of benzene rings is 1. The van der Waals surface area contributed by atoms with E-state index in [4.69, 9.17) is 4.74 Å². The molecule has 2 heterocycles. The van der Waals surface area contributed by atoms with Crippen LogP contribution in [0.5, 0.6) is 5.75 Å². The van der Waals surface area contributed by atoms with Crippen LogP contribution in [0.4, 0.5) is 0 Å². The van der Waals surface area contributed by atoms with Crippen LogP contribution >= 0.6 is 0 Å². The molecule has 2 aliphatic heterocycles. The minimum absolute atomic E-state index is 0.192. The van der Waals surface area contributed by atoms with Gasteiger partial charge in [-0.3, -0.25) is 9.59 Å². The second-order valence-electron chi connectivity index (χ2n) is 6.75. The summed E-state index contributed by atoms with van der Waals surface area (Å²) in [5.74, 6) is -1.30. The zero-order chi connectivity index (χ0) is 18.4. The van der Waals surface area contributed by atoms with Gasteiger partial charge in [0.1, 0.15) is 12.0 Å². The van der Waals surface area contributed by atoms with Gasteiger partial charge in [-0.05, 0) is 32.4 Å². The van der Waals surface area contributed by atoms with E-state index < -0.39 is 23.8 Å². The van der Waals surface area contributed by atoms with Gasteiger partial charge >= 0.3 is 5.97 Å². The second kappa shape index (κ2) is 6.03. The third-order valence-corrected chi connectivity index (χ3v) is 4.57. The zero-order valence-electron chi connectivity index (χ0n) is 14.0. The zero-order valence-corrected chi connectivity index (χ0v) is 14.0. The number of rotatable bonds is 4. The Labute approximate surface area is 144 Å². The van der Waals surface area contributed by atoms with Crippen LogP contribution in [0.1, 0.15) is 42.6 Å². The predicted octanol–water partition coefficient (Wildman–Crippen LogP) is 0.481. The van der Waals surface area contributed by atoms with Gasteiger partial charge in [-0.25, -0.2) is 4.79 Å². The average Bonchev–Trinajstić information content (AvgIpc) is 2.85. The Morgan fingerprint density at radius 1 is 1.36 bits per heavy atom. The van der Waals surface area contributed by atoms with Crippen molar-refractivity contribution < 1.29 is 29.3 Å². The van der Waals surface area contributed by atoms with Crippen LogP contribution in [0.2, 0.25) is 0 Å². The van der Waals surface area contributed by atoms with E-state index in [1.54, 1.807) is 18.2 Å². The summed E-state index contributed by atoms with van der Waals surface area (Å²) in [5.41, 5.74) is -0.432. The maximum absolute atomic E-state index is 12.7. The van der Waals surface area contributed by atoms with Crippen LogP contribution in [-0.4, -0.2) is 50.8 Å². The number of nitrogens with zero attached hydrogens (tertiary/aromatic N) is 1. The minimum Gasteiger partial charge on any atom is -0.478 e. The van der Waals surface area contributed by atoms with Crippen molar-refractivity contribution in [1.82, 2.24) is 10.2 Å². The number of amides is 2. The molecule has 8 nitrogen and oxygen atoms in total. The fourth-order valence-electron chi connectivity index (χ4n) is 3.10. The van der Waals surface area contributed by atoms with Gasteiger partial charge in [-0.1, -0.05) is 6.07 Å². The van der Waals surface area contributed by atoms with Crippen LogP contribution in [-0.2, 0) is 16.1 Å². The van der Waals surface area contributed by atoms with Crippen molar-refractivity contribution in [2.45, 2.75) is 51.1 Å². The number of carboxylic acid groups (broad SMARTS) is 1. The summed E-state index contributed by atoms with van der Waals surface area (Å²) in [6, 6.07) is 4.37. The minimum atomic E-state index is -1.44. The molecule has 1 aromatic rings. The number of fused-ring (bicyclic) bond motifs is 1. The summed E-state index contributed by atoms with van der Waals surface area (Å²) in [5, 5.41) is 21.8. The molecule has 2 amide bonds. The van der Waals surface area contributed by atoms with Gasteiger partial charge in [0.25, 0.3) is 5.91 Å². The van der Waals surface area contributed by atoms with E-state index in [9.17, 15) is 24.6 Å². The molecule has 2 unspecified atom stereocenters. The van der Waals surface area contributed by atoms with Crippen molar-refractivity contribution in [3.05, 3.63) is 29.3 Å². The first-order valence-electron chi connectivity index (χ1n) is 8.03. The number of piperidine rings is 1. The van der Waals surface area contributed by atoms with Crippen LogP contribution in [0.3, 0.4) is 0 Å². The Hall–Kier alpha value is -2.61. The van der Waals surface area contributed by atoms with Crippen molar-refractivity contribution in [3.63, 3.8) is 0 Å². The highest BCUT2D eigenvalue weighted by atomic mass is 16.5. The van der Waals surface area contributed by atoms with Gasteiger partial charge in [0.05, 0.1) is 12.6 Å². The lowest BCUT2D eigenvalue weighted by atomic mass is 10.0. The first kappa shape index (κ1) is 17.2. The van der Waals surface area contributed by atoms with Crippen molar-refractivity contribution in [3.8, 4) is 5.75 Å². The number of carbonyl (C=O) groups is 3. The molecule has 1 fully saturated rings. The van der Waals surface area contributed by atoms with Crippen LogP contribution in [0, 0.1) is 0 Å². The van der Waals surface area contributed by atoms with Gasteiger partial charge in [-0.2, -0.15) is 0 Å². The summed E-state index contributed by atoms with van der Waals surface area (Å²) in [6.45, 7) is 3.06. The van der Waals surface area contributed by atoms with Crippen molar-refractivity contribution >= 4 is 17.8 Å². The molecule has 0 radical (unpaired) electrons. The quantitative estimate of drug-likeness (QED) is 0.729. The molecule has 25 heavy (non-hydrogen) atoms. The van der Waals surface area contributed by atoms with Crippen molar-refractivity contribution in [2.75, 3.05) is 0 Å². The Morgan fingerprint density at radius 3 is 2.72 bits per heavy atom. The lowest BCUT2D eigenvalue weighted by Crippen LogP contribution is -2.55. The Balaban J connectivity index is 1.87. The number of aliphatic hydroxyl groups excluding tert-OH is 1. The molecule has 8 heteroatoms. The normalized spacial score (nSPS) is 23.2. The smallest absolute Gasteiger partial charge is 0.347 e. The third-order valence-electron chi connectivity index (χ3n) is 4.57. The summed E-state index contributed by atoms with van der Waals surface area (Å²) in [7, 11) is 0. The van der Waals surface area contributed by atoms with E-state index in [1.807, 2.05) is 0 Å². The van der Waals surface area contributed by atoms with E-state index in [0.29, 0.717) is 23.3 Å². The van der Waals surface area contributed by atoms with Gasteiger partial charge in [0.15, 0.2) is 5.60 Å². The molecule has 3 rings (SSSR count). The largest absolute Gasteiger partial charge is 0.478 e. The molecular formula is C17H20N2O6. The molecule has 1 saturated heterocycles. The topological polar surface area (TPSA) is 116 Å². The fraction of sp³-hybridized carbons (Fsp3) is 0.471. The predicted molar refractivity (Wildman–Crippen MR) is 85.8 cm³/mol. The lowest BCUT2D eigenvalue weighted by molar-refractivity contribution is -0.152. The summed E-state index contributed by atoms with van der Waals surface area (Å²) in [4.78, 5) is 36.9. The summed E-state index contributed by atoms with van der Waals surface area (Å²) in [6.07, 6.45) is -0.528. The SMILES string of the molecule is CC(C)(Oc1cccc2c1CN(C1CCC(=O)NC1O)C2=O)C(=O)O. The molecule has 0 spiro atoms. The first-order valence-corrected chi connectivity index (χ1v) is 8.03. The van der Waals surface area contributed by atoms with E-state index in [1.165, 1.54) is 18.7 Å². The van der Waals surface area contributed by atoms with Crippen LogP contribution < -0.4 is 10.1 Å². The maximum atomic E-state index is 12.7. The molecule has 2 aliphatic rings. The van der Waals surface area contributed by atoms with E-state index in [2.05, 4.69) is 5.32 Å². The van der Waals surface area contributed by atoms with Crippen LogP contribution in [0.25, 0.3) is 0 Å². The molecular weight excluding hydrogens is 328 g/mol. The van der Waals surface area contributed by atoms with E-state index >= 15 is 0 Å². The van der Waals surface area contributed by atoms with Crippen molar-refractivity contribution in [2.24, 2.45) is 0 Å². The number of aliphatic carboxylic acids is 1. The number of hydrogen-bond acceptors (Lipinski definition) is 5. The van der Waals surface area contributed by atoms with Gasteiger partial charge in [0, 0.05) is 17.5 Å². The number of nitrogens with one attached hydrogen (secondary N) is 1. The highest BCUT2D eigenvalue weighted by Gasteiger charge is 2.41. The Morgan fingerprint density at radius 2 is 2.08 bits per heavy atom. The third kappa shape index (κ3) is 3.05. The van der Waals surface area contributed by atoms with Gasteiger partial charge in [0.2, 0.25) is 5.91 Å². The molecule has 134 valence electrons. The molecule has 1 aromatic carbocycles. The number of carbonyl (C=O) groups excluding carboxylic acids is 2. The summed E-state index contributed by atoms with van der Waals surface area (Å²) < 4.78 is 5.62. The molecule has 0 aromatic heterocycles. The molecule has 2 atom stereocenters. The van der Waals surface area contributed by atoms with Gasteiger partial charge in [-0.15, -0.1) is 0 Å². The number of aliphatic hydroxyl groups is 1. The Bertz CT molecular complexity index is 745. The number of ether oxygens (including phenoxy) is 1. The van der Waals surface area contributed by atoms with E-state index in [0.717, 1.165) is 0 Å². The summed E-state index contributed by atoms with van der Waals surface area (Å²) >= 11 is 0. The maximum Gasteiger partial charge on any atom is 0.347 e. The van der Waals surface area contributed by atoms with Crippen LogP contribution in [0.15, 0.2) is 18.2 Å².